The van der Waals surface area contributed by atoms with E-state index in [0.29, 0.717) is 24.0 Å². The number of nitrogens with one attached hydrogen (secondary N) is 1. The number of methoxy groups -OCH3 is 1. The molecule has 1 fully saturated rings. The van der Waals surface area contributed by atoms with Crippen LogP contribution >= 0.6 is 0 Å². The third kappa shape index (κ3) is 5.27. The van der Waals surface area contributed by atoms with Crippen molar-refractivity contribution in [2.24, 2.45) is 5.92 Å². The van der Waals surface area contributed by atoms with Crippen molar-refractivity contribution >= 4 is 5.91 Å². The number of benzene rings is 1. The van der Waals surface area contributed by atoms with Crippen LogP contribution in [0.2, 0.25) is 0 Å². The van der Waals surface area contributed by atoms with Crippen molar-refractivity contribution in [1.29, 1.82) is 0 Å². The van der Waals surface area contributed by atoms with Gasteiger partial charge in [-0.1, -0.05) is 12.1 Å². The van der Waals surface area contributed by atoms with Gasteiger partial charge in [-0.25, -0.2) is 0 Å². The highest BCUT2D eigenvalue weighted by Gasteiger charge is 2.14. The Morgan fingerprint density at radius 3 is 2.71 bits per heavy atom. The summed E-state index contributed by atoms with van der Waals surface area (Å²) in [6, 6.07) is 7.30. The van der Waals surface area contributed by atoms with Gasteiger partial charge in [0.05, 0.1) is 7.11 Å². The molecule has 116 valence electrons. The number of hydrogen-bond donors (Lipinski definition) is 1. The number of ether oxygens (including phenoxy) is 3. The maximum atomic E-state index is 11.8. The minimum absolute atomic E-state index is 0.00809. The molecule has 1 aromatic rings. The number of hydrogen-bond acceptors (Lipinski definition) is 4. The van der Waals surface area contributed by atoms with E-state index in [-0.39, 0.29) is 12.5 Å². The molecule has 1 amide bonds. The molecule has 5 heteroatoms. The Hall–Kier alpha value is -1.75. The Morgan fingerprint density at radius 1 is 1.29 bits per heavy atom. The van der Waals surface area contributed by atoms with Crippen molar-refractivity contribution < 1.29 is 19.0 Å². The molecule has 0 spiro atoms. The Kier molecular flexibility index (Phi) is 6.34. The van der Waals surface area contributed by atoms with E-state index >= 15 is 0 Å². The highest BCUT2D eigenvalue weighted by Crippen LogP contribution is 2.25. The molecule has 0 bridgehead atoms. The average Bonchev–Trinajstić information content (AvgIpc) is 2.54. The van der Waals surface area contributed by atoms with E-state index in [2.05, 4.69) is 5.32 Å². The largest absolute Gasteiger partial charge is 0.493 e. The summed E-state index contributed by atoms with van der Waals surface area (Å²) >= 11 is 0. The van der Waals surface area contributed by atoms with Gasteiger partial charge in [-0.2, -0.15) is 0 Å². The lowest BCUT2D eigenvalue weighted by Crippen LogP contribution is -2.31. The molecule has 0 aliphatic carbocycles. The third-order valence-corrected chi connectivity index (χ3v) is 3.64. The zero-order valence-electron chi connectivity index (χ0n) is 12.5. The first-order chi connectivity index (χ1) is 10.3. The van der Waals surface area contributed by atoms with Crippen LogP contribution in [0.1, 0.15) is 19.3 Å². The molecular formula is C16H23NO4. The van der Waals surface area contributed by atoms with Crippen LogP contribution in [0, 0.1) is 5.92 Å². The number of rotatable bonds is 7. The van der Waals surface area contributed by atoms with Gasteiger partial charge >= 0.3 is 0 Å². The van der Waals surface area contributed by atoms with Gasteiger partial charge in [-0.3, -0.25) is 4.79 Å². The van der Waals surface area contributed by atoms with Gasteiger partial charge in [0.2, 0.25) is 0 Å². The van der Waals surface area contributed by atoms with E-state index in [1.54, 1.807) is 19.2 Å². The van der Waals surface area contributed by atoms with Crippen LogP contribution in [-0.4, -0.2) is 39.4 Å². The lowest BCUT2D eigenvalue weighted by molar-refractivity contribution is -0.123. The maximum absolute atomic E-state index is 11.8. The fourth-order valence-corrected chi connectivity index (χ4v) is 2.38. The zero-order chi connectivity index (χ0) is 14.9. The fourth-order valence-electron chi connectivity index (χ4n) is 2.38. The van der Waals surface area contributed by atoms with Gasteiger partial charge in [-0.15, -0.1) is 0 Å². The summed E-state index contributed by atoms with van der Waals surface area (Å²) in [5.74, 6) is 1.77. The summed E-state index contributed by atoms with van der Waals surface area (Å²) in [6.07, 6.45) is 3.19. The predicted molar refractivity (Wildman–Crippen MR) is 79.7 cm³/mol. The molecule has 5 nitrogen and oxygen atoms in total. The van der Waals surface area contributed by atoms with Gasteiger partial charge in [0.25, 0.3) is 5.91 Å². The van der Waals surface area contributed by atoms with Crippen molar-refractivity contribution in [2.45, 2.75) is 19.3 Å². The molecule has 1 N–H and O–H groups in total. The molecule has 1 aromatic carbocycles. The first-order valence-electron chi connectivity index (χ1n) is 7.40. The molecule has 21 heavy (non-hydrogen) atoms. The molecule has 0 atom stereocenters. The Morgan fingerprint density at radius 2 is 2.00 bits per heavy atom. The number of para-hydroxylation sites is 2. The minimum Gasteiger partial charge on any atom is -0.493 e. The molecule has 0 unspecified atom stereocenters. The zero-order valence-corrected chi connectivity index (χ0v) is 12.5. The Labute approximate surface area is 125 Å². The average molecular weight is 293 g/mol. The predicted octanol–water partition coefficient (Wildman–Crippen LogP) is 2.01. The van der Waals surface area contributed by atoms with E-state index in [0.717, 1.165) is 32.5 Å². The van der Waals surface area contributed by atoms with Crippen molar-refractivity contribution in [1.82, 2.24) is 5.32 Å². The standard InChI is InChI=1S/C16H23NO4/c1-19-14-4-2-3-5-15(14)21-12-16(18)17-9-6-13-7-10-20-11-8-13/h2-5,13H,6-12H2,1H3,(H,17,18). The molecule has 1 aliphatic heterocycles. The van der Waals surface area contributed by atoms with Crippen LogP contribution < -0.4 is 14.8 Å². The van der Waals surface area contributed by atoms with Gasteiger partial charge in [0.15, 0.2) is 18.1 Å². The van der Waals surface area contributed by atoms with Gasteiger partial charge in [0, 0.05) is 19.8 Å². The molecule has 0 saturated carbocycles. The van der Waals surface area contributed by atoms with E-state index in [4.69, 9.17) is 14.2 Å². The second-order valence-corrected chi connectivity index (χ2v) is 5.13. The van der Waals surface area contributed by atoms with Crippen LogP contribution in [0.15, 0.2) is 24.3 Å². The van der Waals surface area contributed by atoms with Crippen LogP contribution in [0.25, 0.3) is 0 Å². The summed E-state index contributed by atoms with van der Waals surface area (Å²) in [4.78, 5) is 11.8. The van der Waals surface area contributed by atoms with Crippen molar-refractivity contribution in [3.05, 3.63) is 24.3 Å². The van der Waals surface area contributed by atoms with Gasteiger partial charge < -0.3 is 19.5 Å². The minimum atomic E-state index is -0.104. The molecule has 2 rings (SSSR count). The SMILES string of the molecule is COc1ccccc1OCC(=O)NCCC1CCOCC1. The summed E-state index contributed by atoms with van der Waals surface area (Å²) in [5.41, 5.74) is 0. The molecule has 0 radical (unpaired) electrons. The lowest BCUT2D eigenvalue weighted by Gasteiger charge is -2.21. The van der Waals surface area contributed by atoms with Crippen LogP contribution in [0.4, 0.5) is 0 Å². The number of carbonyl (C=O) groups excluding carboxylic acids is 1. The highest BCUT2D eigenvalue weighted by molar-refractivity contribution is 5.77. The number of amides is 1. The van der Waals surface area contributed by atoms with Gasteiger partial charge in [0.1, 0.15) is 0 Å². The van der Waals surface area contributed by atoms with Crippen LogP contribution in [-0.2, 0) is 9.53 Å². The summed E-state index contributed by atoms with van der Waals surface area (Å²) in [6.45, 7) is 2.39. The van der Waals surface area contributed by atoms with Crippen molar-refractivity contribution in [3.8, 4) is 11.5 Å². The quantitative estimate of drug-likeness (QED) is 0.835. The van der Waals surface area contributed by atoms with E-state index in [9.17, 15) is 4.79 Å². The lowest BCUT2D eigenvalue weighted by atomic mass is 9.97. The highest BCUT2D eigenvalue weighted by atomic mass is 16.5. The number of carbonyl (C=O) groups is 1. The summed E-state index contributed by atoms with van der Waals surface area (Å²) in [5, 5.41) is 2.89. The second-order valence-electron chi connectivity index (χ2n) is 5.13. The normalized spacial score (nSPS) is 15.5. The van der Waals surface area contributed by atoms with E-state index < -0.39 is 0 Å². The molecule has 1 heterocycles. The van der Waals surface area contributed by atoms with Gasteiger partial charge in [-0.05, 0) is 37.3 Å². The van der Waals surface area contributed by atoms with E-state index in [1.165, 1.54) is 0 Å². The second kappa shape index (κ2) is 8.52. The summed E-state index contributed by atoms with van der Waals surface area (Å²) < 4.78 is 16.0. The first kappa shape index (κ1) is 15.6. The monoisotopic (exact) mass is 293 g/mol. The topological polar surface area (TPSA) is 56.8 Å². The van der Waals surface area contributed by atoms with Crippen LogP contribution in [0.3, 0.4) is 0 Å². The van der Waals surface area contributed by atoms with Crippen molar-refractivity contribution in [3.63, 3.8) is 0 Å². The maximum Gasteiger partial charge on any atom is 0.257 e. The summed E-state index contributed by atoms with van der Waals surface area (Å²) in [7, 11) is 1.58. The Bertz CT molecular complexity index is 444. The van der Waals surface area contributed by atoms with Crippen LogP contribution in [0.5, 0.6) is 11.5 Å². The third-order valence-electron chi connectivity index (χ3n) is 3.64. The van der Waals surface area contributed by atoms with E-state index in [1.807, 2.05) is 12.1 Å². The molecule has 1 aliphatic rings. The fraction of sp³-hybridized carbons (Fsp3) is 0.562. The molecule has 0 aromatic heterocycles. The first-order valence-corrected chi connectivity index (χ1v) is 7.40. The Balaban J connectivity index is 1.65. The smallest absolute Gasteiger partial charge is 0.257 e. The molecular weight excluding hydrogens is 270 g/mol. The molecule has 1 saturated heterocycles. The van der Waals surface area contributed by atoms with Crippen molar-refractivity contribution in [2.75, 3.05) is 33.5 Å².